The van der Waals surface area contributed by atoms with Crippen molar-refractivity contribution in [3.8, 4) is 0 Å². The van der Waals surface area contributed by atoms with Gasteiger partial charge in [0.25, 0.3) is 0 Å². The number of hydrogen-bond acceptors (Lipinski definition) is 3. The van der Waals surface area contributed by atoms with Crippen molar-refractivity contribution < 1.29 is 4.79 Å². The van der Waals surface area contributed by atoms with E-state index in [9.17, 15) is 4.79 Å². The summed E-state index contributed by atoms with van der Waals surface area (Å²) in [6.07, 6.45) is 0.783. The molecule has 0 aromatic rings. The molecule has 0 saturated carbocycles. The standard InChI is InChI=1S/C12H25N3O/c1-10(5-6-13)11(16)15-8-7-14(4)12(2,3)9-15/h10H,5-9,13H2,1-4H3. The molecule has 1 rings (SSSR count). The Morgan fingerprint density at radius 1 is 1.44 bits per heavy atom. The molecular weight excluding hydrogens is 202 g/mol. The molecule has 2 N–H and O–H groups in total. The number of rotatable bonds is 3. The summed E-state index contributed by atoms with van der Waals surface area (Å²) < 4.78 is 0. The third-order valence-corrected chi connectivity index (χ3v) is 3.65. The van der Waals surface area contributed by atoms with Crippen LogP contribution >= 0.6 is 0 Å². The third kappa shape index (κ3) is 2.95. The van der Waals surface area contributed by atoms with Crippen molar-refractivity contribution in [2.75, 3.05) is 33.2 Å². The number of piperazine rings is 1. The zero-order valence-corrected chi connectivity index (χ0v) is 11.0. The zero-order chi connectivity index (χ0) is 12.3. The minimum atomic E-state index is 0.0595. The highest BCUT2D eigenvalue weighted by atomic mass is 16.2. The van der Waals surface area contributed by atoms with Crippen LogP contribution in [0, 0.1) is 5.92 Å². The van der Waals surface area contributed by atoms with Crippen molar-refractivity contribution in [2.24, 2.45) is 11.7 Å². The van der Waals surface area contributed by atoms with Gasteiger partial charge in [0.15, 0.2) is 0 Å². The van der Waals surface area contributed by atoms with Crippen molar-refractivity contribution in [3.63, 3.8) is 0 Å². The van der Waals surface area contributed by atoms with E-state index in [0.29, 0.717) is 6.54 Å². The molecule has 16 heavy (non-hydrogen) atoms. The van der Waals surface area contributed by atoms with Crippen molar-refractivity contribution in [1.29, 1.82) is 0 Å². The molecule has 1 aliphatic heterocycles. The topological polar surface area (TPSA) is 49.6 Å². The van der Waals surface area contributed by atoms with Gasteiger partial charge < -0.3 is 10.6 Å². The first kappa shape index (κ1) is 13.5. The number of hydrogen-bond donors (Lipinski definition) is 1. The first-order chi connectivity index (χ1) is 7.38. The average molecular weight is 227 g/mol. The minimum absolute atomic E-state index is 0.0595. The van der Waals surface area contributed by atoms with E-state index in [2.05, 4.69) is 25.8 Å². The number of nitrogens with two attached hydrogens (primary N) is 1. The molecule has 4 heteroatoms. The second-order valence-electron chi connectivity index (χ2n) is 5.47. The Morgan fingerprint density at radius 2 is 2.06 bits per heavy atom. The normalized spacial score (nSPS) is 23.2. The van der Waals surface area contributed by atoms with Gasteiger partial charge in [0.1, 0.15) is 0 Å². The van der Waals surface area contributed by atoms with Crippen LogP contribution in [0.5, 0.6) is 0 Å². The molecule has 0 aliphatic carbocycles. The quantitative estimate of drug-likeness (QED) is 0.765. The monoisotopic (exact) mass is 227 g/mol. The van der Waals surface area contributed by atoms with Crippen molar-refractivity contribution in [2.45, 2.75) is 32.7 Å². The smallest absolute Gasteiger partial charge is 0.225 e. The van der Waals surface area contributed by atoms with E-state index in [4.69, 9.17) is 5.73 Å². The number of carbonyl (C=O) groups excluding carboxylic acids is 1. The fraction of sp³-hybridized carbons (Fsp3) is 0.917. The largest absolute Gasteiger partial charge is 0.339 e. The molecule has 94 valence electrons. The van der Waals surface area contributed by atoms with Gasteiger partial charge in [-0.3, -0.25) is 9.69 Å². The van der Waals surface area contributed by atoms with E-state index in [1.807, 2.05) is 11.8 Å². The van der Waals surface area contributed by atoms with Crippen molar-refractivity contribution in [1.82, 2.24) is 9.80 Å². The van der Waals surface area contributed by atoms with Crippen molar-refractivity contribution >= 4 is 5.91 Å². The molecule has 1 saturated heterocycles. The van der Waals surface area contributed by atoms with Crippen LogP contribution in [0.1, 0.15) is 27.2 Å². The van der Waals surface area contributed by atoms with E-state index < -0.39 is 0 Å². The molecule has 1 unspecified atom stereocenters. The second kappa shape index (κ2) is 5.15. The summed E-state index contributed by atoms with van der Waals surface area (Å²) in [6.45, 7) is 9.53. The maximum absolute atomic E-state index is 12.1. The molecule has 4 nitrogen and oxygen atoms in total. The molecular formula is C12H25N3O. The fourth-order valence-corrected chi connectivity index (χ4v) is 2.11. The lowest BCUT2D eigenvalue weighted by Crippen LogP contribution is -2.59. The molecule has 1 atom stereocenters. The van der Waals surface area contributed by atoms with E-state index >= 15 is 0 Å². The van der Waals surface area contributed by atoms with Crippen molar-refractivity contribution in [3.05, 3.63) is 0 Å². The lowest BCUT2D eigenvalue weighted by Gasteiger charge is -2.45. The van der Waals surface area contributed by atoms with E-state index in [0.717, 1.165) is 26.1 Å². The highest BCUT2D eigenvalue weighted by molar-refractivity contribution is 5.78. The molecule has 0 radical (unpaired) electrons. The highest BCUT2D eigenvalue weighted by Gasteiger charge is 2.34. The molecule has 1 aliphatic rings. The predicted octanol–water partition coefficient (Wildman–Crippen LogP) is 0.524. The van der Waals surface area contributed by atoms with Gasteiger partial charge in [-0.05, 0) is 33.9 Å². The maximum atomic E-state index is 12.1. The SMILES string of the molecule is CC(CCN)C(=O)N1CCN(C)C(C)(C)C1. The molecule has 0 spiro atoms. The molecule has 1 amide bonds. The Hall–Kier alpha value is -0.610. The predicted molar refractivity (Wildman–Crippen MR) is 66.1 cm³/mol. The fourth-order valence-electron chi connectivity index (χ4n) is 2.11. The Morgan fingerprint density at radius 3 is 2.56 bits per heavy atom. The minimum Gasteiger partial charge on any atom is -0.339 e. The number of nitrogens with zero attached hydrogens (tertiary/aromatic N) is 2. The second-order valence-corrected chi connectivity index (χ2v) is 5.47. The van der Waals surface area contributed by atoms with Gasteiger partial charge >= 0.3 is 0 Å². The lowest BCUT2D eigenvalue weighted by molar-refractivity contribution is -0.139. The van der Waals surface area contributed by atoms with Crippen LogP contribution in [0.2, 0.25) is 0 Å². The van der Waals surface area contributed by atoms with Crippen LogP contribution in [0.25, 0.3) is 0 Å². The van der Waals surface area contributed by atoms with Gasteiger partial charge in [-0.25, -0.2) is 0 Å². The first-order valence-corrected chi connectivity index (χ1v) is 6.08. The summed E-state index contributed by atoms with van der Waals surface area (Å²) in [5, 5.41) is 0. The van der Waals surface area contributed by atoms with Crippen LogP contribution in [0.4, 0.5) is 0 Å². The number of likely N-dealkylation sites (N-methyl/N-ethyl adjacent to an activating group) is 1. The molecule has 0 aromatic heterocycles. The van der Waals surface area contributed by atoms with E-state index in [1.165, 1.54) is 0 Å². The Kier molecular flexibility index (Phi) is 4.33. The van der Waals surface area contributed by atoms with Gasteiger partial charge in [0.2, 0.25) is 5.91 Å². The first-order valence-electron chi connectivity index (χ1n) is 6.08. The number of amides is 1. The highest BCUT2D eigenvalue weighted by Crippen LogP contribution is 2.20. The summed E-state index contributed by atoms with van der Waals surface area (Å²) in [4.78, 5) is 16.4. The zero-order valence-electron chi connectivity index (χ0n) is 11.0. The number of carbonyl (C=O) groups is 1. The van der Waals surface area contributed by atoms with E-state index in [-0.39, 0.29) is 17.4 Å². The summed E-state index contributed by atoms with van der Waals surface area (Å²) in [7, 11) is 2.12. The van der Waals surface area contributed by atoms with Crippen LogP contribution in [-0.2, 0) is 4.79 Å². The van der Waals surface area contributed by atoms with Gasteiger partial charge in [0.05, 0.1) is 0 Å². The molecule has 0 aromatic carbocycles. The Bertz CT molecular complexity index is 253. The summed E-state index contributed by atoms with van der Waals surface area (Å²) in [5.74, 6) is 0.316. The van der Waals surface area contributed by atoms with Gasteiger partial charge in [-0.1, -0.05) is 6.92 Å². The third-order valence-electron chi connectivity index (χ3n) is 3.65. The maximum Gasteiger partial charge on any atom is 0.225 e. The summed E-state index contributed by atoms with van der Waals surface area (Å²) in [6, 6.07) is 0. The lowest BCUT2D eigenvalue weighted by atomic mass is 9.97. The molecule has 1 heterocycles. The molecule has 1 fully saturated rings. The van der Waals surface area contributed by atoms with Crippen LogP contribution in [0.15, 0.2) is 0 Å². The Balaban J connectivity index is 2.59. The van der Waals surface area contributed by atoms with Gasteiger partial charge in [-0.15, -0.1) is 0 Å². The molecule has 0 bridgehead atoms. The summed E-state index contributed by atoms with van der Waals surface area (Å²) >= 11 is 0. The van der Waals surface area contributed by atoms with E-state index in [1.54, 1.807) is 0 Å². The van der Waals surface area contributed by atoms with Crippen LogP contribution < -0.4 is 5.73 Å². The average Bonchev–Trinajstić information content (AvgIpc) is 2.21. The summed E-state index contributed by atoms with van der Waals surface area (Å²) in [5.41, 5.74) is 5.57. The van der Waals surface area contributed by atoms with Crippen LogP contribution in [0.3, 0.4) is 0 Å². The van der Waals surface area contributed by atoms with Crippen LogP contribution in [-0.4, -0.2) is 54.5 Å². The Labute approximate surface area is 98.8 Å². The van der Waals surface area contributed by atoms with Gasteiger partial charge in [-0.2, -0.15) is 0 Å². The van der Waals surface area contributed by atoms with Gasteiger partial charge in [0, 0.05) is 31.1 Å².